The van der Waals surface area contributed by atoms with E-state index in [1.807, 2.05) is 13.8 Å². The van der Waals surface area contributed by atoms with Crippen molar-refractivity contribution in [2.24, 2.45) is 0 Å². The Morgan fingerprint density at radius 2 is 2.17 bits per heavy atom. The maximum Gasteiger partial charge on any atom is 0.336 e. The molecule has 0 amide bonds. The highest BCUT2D eigenvalue weighted by atomic mass is 16.5. The quantitative estimate of drug-likeness (QED) is 0.682. The van der Waals surface area contributed by atoms with Crippen molar-refractivity contribution >= 4 is 11.8 Å². The van der Waals surface area contributed by atoms with Crippen molar-refractivity contribution in [1.29, 1.82) is 0 Å². The number of benzene rings is 1. The van der Waals surface area contributed by atoms with Crippen LogP contribution in [0.4, 0.5) is 0 Å². The van der Waals surface area contributed by atoms with Crippen LogP contribution in [-0.4, -0.2) is 29.1 Å². The van der Waals surface area contributed by atoms with Crippen molar-refractivity contribution in [3.8, 4) is 5.75 Å². The number of Topliss-reactive ketones (excluding diaryl/α,β-unsaturated/α-hetero) is 1. The Labute approximate surface area is 135 Å². The van der Waals surface area contributed by atoms with Gasteiger partial charge in [-0.3, -0.25) is 4.79 Å². The predicted molar refractivity (Wildman–Crippen MR) is 85.4 cm³/mol. The van der Waals surface area contributed by atoms with Gasteiger partial charge in [-0.05, 0) is 45.4 Å². The van der Waals surface area contributed by atoms with E-state index in [0.717, 1.165) is 0 Å². The number of ether oxygens (including phenoxy) is 2. The average molecular weight is 318 g/mol. The fourth-order valence-corrected chi connectivity index (χ4v) is 2.50. The number of aliphatic hydroxyl groups excluding tert-OH is 1. The maximum absolute atomic E-state index is 12.3. The number of carbonyl (C=O) groups is 2. The molecule has 1 aliphatic rings. The van der Waals surface area contributed by atoms with E-state index in [4.69, 9.17) is 14.6 Å². The molecule has 23 heavy (non-hydrogen) atoms. The van der Waals surface area contributed by atoms with Gasteiger partial charge in [0.2, 0.25) is 0 Å². The lowest BCUT2D eigenvalue weighted by atomic mass is 9.91. The molecule has 0 bridgehead atoms. The Morgan fingerprint density at radius 3 is 2.78 bits per heavy atom. The lowest BCUT2D eigenvalue weighted by molar-refractivity contribution is -0.144. The Morgan fingerprint density at radius 1 is 1.48 bits per heavy atom. The first-order valence-corrected chi connectivity index (χ1v) is 7.60. The standard InChI is InChI=1S/C18H22O5/c1-5-12(10-19)17(21)22-11(2)13-6-7-16-14(8-13)15(20)9-18(3,4)23-16/h5-8,11,19H,9-10H2,1-4H3/b12-5+. The molecule has 0 aliphatic carbocycles. The zero-order chi connectivity index (χ0) is 17.2. The summed E-state index contributed by atoms with van der Waals surface area (Å²) >= 11 is 0. The number of ketones is 1. The first-order chi connectivity index (χ1) is 10.8. The SMILES string of the molecule is C/C=C(\CO)C(=O)OC(C)c1ccc2c(c1)C(=O)CC(C)(C)O2. The van der Waals surface area contributed by atoms with E-state index in [1.54, 1.807) is 32.0 Å². The third-order valence-corrected chi connectivity index (χ3v) is 3.81. The van der Waals surface area contributed by atoms with Crippen LogP contribution >= 0.6 is 0 Å². The second-order valence-corrected chi connectivity index (χ2v) is 6.24. The minimum absolute atomic E-state index is 0.0149. The molecule has 2 rings (SSSR count). The molecule has 1 aliphatic heterocycles. The second kappa shape index (κ2) is 6.54. The molecular weight excluding hydrogens is 296 g/mol. The van der Waals surface area contributed by atoms with Crippen LogP contribution in [0.15, 0.2) is 29.8 Å². The van der Waals surface area contributed by atoms with Gasteiger partial charge < -0.3 is 14.6 Å². The number of aliphatic hydroxyl groups is 1. The molecule has 0 fully saturated rings. The first-order valence-electron chi connectivity index (χ1n) is 7.60. The molecule has 5 heteroatoms. The molecule has 0 saturated carbocycles. The van der Waals surface area contributed by atoms with Crippen molar-refractivity contribution in [3.05, 3.63) is 41.0 Å². The van der Waals surface area contributed by atoms with E-state index < -0.39 is 17.7 Å². The summed E-state index contributed by atoms with van der Waals surface area (Å²) in [6.07, 6.45) is 1.30. The fourth-order valence-electron chi connectivity index (χ4n) is 2.50. The summed E-state index contributed by atoms with van der Waals surface area (Å²) in [6, 6.07) is 5.22. The zero-order valence-electron chi connectivity index (χ0n) is 13.9. The third kappa shape index (κ3) is 3.79. The second-order valence-electron chi connectivity index (χ2n) is 6.24. The first kappa shape index (κ1) is 17.2. The number of hydrogen-bond acceptors (Lipinski definition) is 5. The molecule has 1 unspecified atom stereocenters. The van der Waals surface area contributed by atoms with Gasteiger partial charge in [-0.15, -0.1) is 0 Å². The van der Waals surface area contributed by atoms with Crippen molar-refractivity contribution in [3.63, 3.8) is 0 Å². The van der Waals surface area contributed by atoms with E-state index in [9.17, 15) is 9.59 Å². The maximum atomic E-state index is 12.3. The van der Waals surface area contributed by atoms with Crippen LogP contribution in [0.5, 0.6) is 5.75 Å². The molecule has 1 aromatic carbocycles. The summed E-state index contributed by atoms with van der Waals surface area (Å²) in [7, 11) is 0. The van der Waals surface area contributed by atoms with Gasteiger partial charge in [-0.1, -0.05) is 12.1 Å². The van der Waals surface area contributed by atoms with Gasteiger partial charge >= 0.3 is 5.97 Å². The molecule has 5 nitrogen and oxygen atoms in total. The van der Waals surface area contributed by atoms with E-state index in [1.165, 1.54) is 6.08 Å². The molecule has 0 aromatic heterocycles. The van der Waals surface area contributed by atoms with Crippen LogP contribution in [0.25, 0.3) is 0 Å². The number of esters is 1. The predicted octanol–water partition coefficient (Wildman–Crippen LogP) is 2.97. The summed E-state index contributed by atoms with van der Waals surface area (Å²) < 4.78 is 11.1. The van der Waals surface area contributed by atoms with Gasteiger partial charge in [-0.2, -0.15) is 0 Å². The normalized spacial score (nSPS) is 18.0. The Kier molecular flexibility index (Phi) is 4.90. The van der Waals surface area contributed by atoms with Crippen molar-refractivity contribution < 1.29 is 24.2 Å². The van der Waals surface area contributed by atoms with Gasteiger partial charge in [0.1, 0.15) is 17.5 Å². The lowest BCUT2D eigenvalue weighted by Gasteiger charge is -2.32. The van der Waals surface area contributed by atoms with Crippen LogP contribution in [0.1, 0.15) is 56.1 Å². The summed E-state index contributed by atoms with van der Waals surface area (Å²) in [5, 5.41) is 9.09. The van der Waals surface area contributed by atoms with Gasteiger partial charge in [-0.25, -0.2) is 4.79 Å². The van der Waals surface area contributed by atoms with Crippen LogP contribution in [0.2, 0.25) is 0 Å². The Hall–Kier alpha value is -2.14. The molecule has 1 aromatic rings. The van der Waals surface area contributed by atoms with E-state index in [0.29, 0.717) is 23.3 Å². The molecule has 1 N–H and O–H groups in total. The summed E-state index contributed by atoms with van der Waals surface area (Å²) in [5.41, 5.74) is 0.919. The van der Waals surface area contributed by atoms with Gasteiger partial charge in [0.25, 0.3) is 0 Å². The molecule has 0 saturated heterocycles. The number of carbonyl (C=O) groups excluding carboxylic acids is 2. The van der Waals surface area contributed by atoms with Crippen LogP contribution < -0.4 is 4.74 Å². The Bertz CT molecular complexity index is 657. The van der Waals surface area contributed by atoms with E-state index in [2.05, 4.69) is 0 Å². The molecular formula is C18H22O5. The van der Waals surface area contributed by atoms with E-state index in [-0.39, 0.29) is 18.0 Å². The lowest BCUT2D eigenvalue weighted by Crippen LogP contribution is -2.35. The molecule has 0 spiro atoms. The van der Waals surface area contributed by atoms with Crippen LogP contribution in [0.3, 0.4) is 0 Å². The number of allylic oxidation sites excluding steroid dienone is 1. The Balaban J connectivity index is 2.21. The fraction of sp³-hybridized carbons (Fsp3) is 0.444. The molecule has 124 valence electrons. The summed E-state index contributed by atoms with van der Waals surface area (Å²) in [6.45, 7) is 6.77. The van der Waals surface area contributed by atoms with Gasteiger partial charge in [0, 0.05) is 0 Å². The van der Waals surface area contributed by atoms with Crippen molar-refractivity contribution in [1.82, 2.24) is 0 Å². The highest BCUT2D eigenvalue weighted by Crippen LogP contribution is 2.35. The highest BCUT2D eigenvalue weighted by Gasteiger charge is 2.32. The largest absolute Gasteiger partial charge is 0.487 e. The van der Waals surface area contributed by atoms with Crippen molar-refractivity contribution in [2.45, 2.75) is 45.8 Å². The molecule has 0 radical (unpaired) electrons. The van der Waals surface area contributed by atoms with Crippen LogP contribution in [-0.2, 0) is 9.53 Å². The van der Waals surface area contributed by atoms with Crippen molar-refractivity contribution in [2.75, 3.05) is 6.61 Å². The minimum Gasteiger partial charge on any atom is -0.487 e. The average Bonchev–Trinajstić information content (AvgIpc) is 2.46. The number of hydrogen-bond donors (Lipinski definition) is 1. The van der Waals surface area contributed by atoms with Gasteiger partial charge in [0.15, 0.2) is 5.78 Å². The number of rotatable bonds is 4. The monoisotopic (exact) mass is 318 g/mol. The topological polar surface area (TPSA) is 72.8 Å². The molecule has 1 atom stereocenters. The molecule has 1 heterocycles. The summed E-state index contributed by atoms with van der Waals surface area (Å²) in [5.74, 6) is 0.00286. The minimum atomic E-state index is -0.566. The van der Waals surface area contributed by atoms with Crippen LogP contribution in [0, 0.1) is 0 Å². The third-order valence-electron chi connectivity index (χ3n) is 3.81. The zero-order valence-corrected chi connectivity index (χ0v) is 13.9. The highest BCUT2D eigenvalue weighted by molar-refractivity contribution is 6.00. The summed E-state index contributed by atoms with van der Waals surface area (Å²) in [4.78, 5) is 24.2. The smallest absolute Gasteiger partial charge is 0.336 e. The number of fused-ring (bicyclic) bond motifs is 1. The van der Waals surface area contributed by atoms with Gasteiger partial charge in [0.05, 0.1) is 24.2 Å². The van der Waals surface area contributed by atoms with E-state index >= 15 is 0 Å².